The van der Waals surface area contributed by atoms with E-state index in [0.29, 0.717) is 0 Å². The van der Waals surface area contributed by atoms with Crippen molar-refractivity contribution in [1.82, 2.24) is 4.98 Å². The molecule has 0 amide bonds. The van der Waals surface area contributed by atoms with Crippen LogP contribution in [0, 0.1) is 0 Å². The number of aromatic nitrogens is 1. The van der Waals surface area contributed by atoms with E-state index in [1.807, 2.05) is 0 Å². The van der Waals surface area contributed by atoms with Gasteiger partial charge in [-0.15, -0.1) is 0 Å². The number of benzene rings is 1. The second-order valence-electron chi connectivity index (χ2n) is 3.79. The zero-order chi connectivity index (χ0) is 14.9. The maximum Gasteiger partial charge on any atom is 0.416 e. The van der Waals surface area contributed by atoms with Crippen molar-refractivity contribution >= 4 is 5.97 Å². The summed E-state index contributed by atoms with van der Waals surface area (Å²) in [5, 5.41) is 8.70. The van der Waals surface area contributed by atoms with Crippen LogP contribution in [0.3, 0.4) is 0 Å². The van der Waals surface area contributed by atoms with Crippen LogP contribution < -0.4 is 4.74 Å². The zero-order valence-corrected chi connectivity index (χ0v) is 10.1. The fourth-order valence-corrected chi connectivity index (χ4v) is 1.51. The Hall–Kier alpha value is -2.51. The molecule has 0 atom stereocenters. The quantitative estimate of drug-likeness (QED) is 0.939. The lowest BCUT2D eigenvalue weighted by atomic mass is 10.1. The predicted molar refractivity (Wildman–Crippen MR) is 60.5 cm³/mol. The molecule has 1 aromatic carbocycles. The van der Waals surface area contributed by atoms with Crippen molar-refractivity contribution in [3.8, 4) is 17.2 Å². The van der Waals surface area contributed by atoms with Crippen LogP contribution >= 0.6 is 0 Å². The minimum Gasteiger partial charge on any atom is -0.497 e. The molecule has 0 aliphatic heterocycles. The number of nitrogens with zero attached hydrogens (tertiary/aromatic N) is 1. The highest BCUT2D eigenvalue weighted by Gasteiger charge is 2.32. The minimum atomic E-state index is -4.56. The molecular weight excluding hydrogens is 279 g/mol. The predicted octanol–water partition coefficient (Wildman–Crippen LogP) is 3.07. The van der Waals surface area contributed by atoms with Gasteiger partial charge in [-0.05, 0) is 18.2 Å². The monoisotopic (exact) mass is 287 g/mol. The SMILES string of the molecule is COc1cc(-c2nc(C(=O)O)co2)cc(C(F)(F)F)c1. The molecule has 0 unspecified atom stereocenters. The third-order valence-corrected chi connectivity index (χ3v) is 2.44. The minimum absolute atomic E-state index is 0.0239. The molecule has 1 heterocycles. The first-order valence-electron chi connectivity index (χ1n) is 5.26. The van der Waals surface area contributed by atoms with Gasteiger partial charge in [-0.2, -0.15) is 13.2 Å². The van der Waals surface area contributed by atoms with Gasteiger partial charge in [0.05, 0.1) is 12.7 Å². The Morgan fingerprint density at radius 1 is 1.35 bits per heavy atom. The third kappa shape index (κ3) is 2.73. The molecular formula is C12H8F3NO4. The van der Waals surface area contributed by atoms with Gasteiger partial charge in [-0.25, -0.2) is 9.78 Å². The molecule has 0 aliphatic carbocycles. The molecule has 106 valence electrons. The highest BCUT2D eigenvalue weighted by molar-refractivity contribution is 5.85. The Morgan fingerprint density at radius 2 is 2.05 bits per heavy atom. The van der Waals surface area contributed by atoms with E-state index in [1.165, 1.54) is 13.2 Å². The van der Waals surface area contributed by atoms with Crippen LogP contribution in [-0.2, 0) is 6.18 Å². The number of carbonyl (C=O) groups is 1. The van der Waals surface area contributed by atoms with Crippen molar-refractivity contribution in [1.29, 1.82) is 0 Å². The molecule has 2 aromatic rings. The summed E-state index contributed by atoms with van der Waals surface area (Å²) in [5.74, 6) is -1.60. The molecule has 1 N–H and O–H groups in total. The number of aromatic carboxylic acids is 1. The lowest BCUT2D eigenvalue weighted by Crippen LogP contribution is -2.05. The standard InChI is InChI=1S/C12H8F3NO4/c1-19-8-3-6(2-7(4-8)12(13,14)15)10-16-9(5-20-10)11(17)18/h2-5H,1H3,(H,17,18). The van der Waals surface area contributed by atoms with E-state index in [0.717, 1.165) is 18.4 Å². The van der Waals surface area contributed by atoms with E-state index in [1.54, 1.807) is 0 Å². The van der Waals surface area contributed by atoms with Crippen LogP contribution in [-0.4, -0.2) is 23.2 Å². The summed E-state index contributed by atoms with van der Waals surface area (Å²) in [5.41, 5.74) is -1.36. The Kier molecular flexibility index (Phi) is 3.39. The van der Waals surface area contributed by atoms with Gasteiger partial charge in [0.2, 0.25) is 5.89 Å². The maximum atomic E-state index is 12.7. The summed E-state index contributed by atoms with van der Waals surface area (Å²) in [4.78, 5) is 14.3. The highest BCUT2D eigenvalue weighted by Crippen LogP contribution is 2.35. The Labute approximate surface area is 110 Å². The van der Waals surface area contributed by atoms with Crippen molar-refractivity contribution < 1.29 is 32.2 Å². The summed E-state index contributed by atoms with van der Waals surface area (Å²) < 4.78 is 47.8. The molecule has 8 heteroatoms. The number of methoxy groups -OCH3 is 1. The largest absolute Gasteiger partial charge is 0.497 e. The molecule has 0 spiro atoms. The number of hydrogen-bond donors (Lipinski definition) is 1. The lowest BCUT2D eigenvalue weighted by molar-refractivity contribution is -0.137. The molecule has 2 rings (SSSR count). The van der Waals surface area contributed by atoms with Crippen LogP contribution in [0.15, 0.2) is 28.9 Å². The molecule has 1 aromatic heterocycles. The number of halogens is 3. The van der Waals surface area contributed by atoms with Gasteiger partial charge in [-0.1, -0.05) is 0 Å². The highest BCUT2D eigenvalue weighted by atomic mass is 19.4. The van der Waals surface area contributed by atoms with E-state index in [4.69, 9.17) is 14.3 Å². The van der Waals surface area contributed by atoms with Crippen LogP contribution in [0.5, 0.6) is 5.75 Å². The number of alkyl halides is 3. The van der Waals surface area contributed by atoms with Crippen LogP contribution in [0.1, 0.15) is 16.1 Å². The molecule has 5 nitrogen and oxygen atoms in total. The first-order valence-corrected chi connectivity index (χ1v) is 5.26. The molecule has 0 aliphatic rings. The lowest BCUT2D eigenvalue weighted by Gasteiger charge is -2.10. The first-order chi connectivity index (χ1) is 9.31. The normalized spacial score (nSPS) is 11.4. The zero-order valence-electron chi connectivity index (χ0n) is 10.1. The van der Waals surface area contributed by atoms with E-state index in [-0.39, 0.29) is 17.2 Å². The topological polar surface area (TPSA) is 72.6 Å². The van der Waals surface area contributed by atoms with Gasteiger partial charge < -0.3 is 14.3 Å². The average molecular weight is 287 g/mol. The summed E-state index contributed by atoms with van der Waals surface area (Å²) in [6.07, 6.45) is -3.71. The Morgan fingerprint density at radius 3 is 2.55 bits per heavy atom. The van der Waals surface area contributed by atoms with Crippen molar-refractivity contribution in [2.24, 2.45) is 0 Å². The molecule has 0 bridgehead atoms. The van der Waals surface area contributed by atoms with Gasteiger partial charge in [0.1, 0.15) is 12.0 Å². The number of hydrogen-bond acceptors (Lipinski definition) is 4. The Balaban J connectivity index is 2.52. The number of carboxylic acid groups (broad SMARTS) is 1. The fraction of sp³-hybridized carbons (Fsp3) is 0.167. The summed E-state index contributed by atoms with van der Waals surface area (Å²) in [6.45, 7) is 0. The van der Waals surface area contributed by atoms with Crippen LogP contribution in [0.25, 0.3) is 11.5 Å². The van der Waals surface area contributed by atoms with Crippen molar-refractivity contribution in [3.63, 3.8) is 0 Å². The van der Waals surface area contributed by atoms with Crippen LogP contribution in [0.2, 0.25) is 0 Å². The molecule has 0 radical (unpaired) electrons. The Bertz CT molecular complexity index is 648. The maximum absolute atomic E-state index is 12.7. The summed E-state index contributed by atoms with van der Waals surface area (Å²) >= 11 is 0. The second kappa shape index (κ2) is 4.87. The molecule has 0 saturated heterocycles. The van der Waals surface area contributed by atoms with E-state index >= 15 is 0 Å². The smallest absolute Gasteiger partial charge is 0.416 e. The fourth-order valence-electron chi connectivity index (χ4n) is 1.51. The average Bonchev–Trinajstić information content (AvgIpc) is 2.87. The van der Waals surface area contributed by atoms with E-state index in [9.17, 15) is 18.0 Å². The number of ether oxygens (including phenoxy) is 1. The number of rotatable bonds is 3. The molecule has 20 heavy (non-hydrogen) atoms. The second-order valence-corrected chi connectivity index (χ2v) is 3.79. The van der Waals surface area contributed by atoms with Gasteiger partial charge in [0, 0.05) is 5.56 Å². The van der Waals surface area contributed by atoms with Gasteiger partial charge in [0.25, 0.3) is 0 Å². The summed E-state index contributed by atoms with van der Waals surface area (Å²) in [7, 11) is 1.22. The van der Waals surface area contributed by atoms with Crippen molar-refractivity contribution in [2.45, 2.75) is 6.18 Å². The van der Waals surface area contributed by atoms with Gasteiger partial charge in [-0.3, -0.25) is 0 Å². The summed E-state index contributed by atoms with van der Waals surface area (Å²) in [6, 6.07) is 2.90. The van der Waals surface area contributed by atoms with E-state index < -0.39 is 23.4 Å². The number of carboxylic acids is 1. The first kappa shape index (κ1) is 13.9. The molecule has 0 fully saturated rings. The third-order valence-electron chi connectivity index (χ3n) is 2.44. The van der Waals surface area contributed by atoms with Gasteiger partial charge >= 0.3 is 12.1 Å². The molecule has 0 saturated carbocycles. The number of oxazole rings is 1. The van der Waals surface area contributed by atoms with E-state index in [2.05, 4.69) is 4.98 Å². The van der Waals surface area contributed by atoms with Crippen LogP contribution in [0.4, 0.5) is 13.2 Å². The van der Waals surface area contributed by atoms with Crippen molar-refractivity contribution in [3.05, 3.63) is 35.7 Å². The van der Waals surface area contributed by atoms with Crippen molar-refractivity contribution in [2.75, 3.05) is 7.11 Å². The van der Waals surface area contributed by atoms with Gasteiger partial charge in [0.15, 0.2) is 5.69 Å².